The maximum absolute atomic E-state index is 3.23. The molecule has 0 atom stereocenters. The third kappa shape index (κ3) is 8.97. The molecule has 0 saturated heterocycles. The van der Waals surface area contributed by atoms with Crippen LogP contribution in [-0.4, -0.2) is 24.6 Å². The molecule has 0 amide bonds. The van der Waals surface area contributed by atoms with Gasteiger partial charge in [-0.25, -0.2) is 0 Å². The second kappa shape index (κ2) is 9.97. The van der Waals surface area contributed by atoms with E-state index in [2.05, 4.69) is 23.2 Å². The fourth-order valence-electron chi connectivity index (χ4n) is 0.356. The van der Waals surface area contributed by atoms with Gasteiger partial charge in [0, 0.05) is 5.75 Å². The molecule has 2 nitrogen and oxygen atoms in total. The van der Waals surface area contributed by atoms with E-state index in [1.54, 1.807) is 22.7 Å². The van der Waals surface area contributed by atoms with Gasteiger partial charge < -0.3 is 0 Å². The first-order valence-electron chi connectivity index (χ1n) is 3.12. The van der Waals surface area contributed by atoms with Crippen molar-refractivity contribution in [3.63, 3.8) is 0 Å². The summed E-state index contributed by atoms with van der Waals surface area (Å²) in [5.41, 5.74) is 0. The van der Waals surface area contributed by atoms with E-state index in [1.807, 2.05) is 10.8 Å². The van der Waals surface area contributed by atoms with Gasteiger partial charge in [0.2, 0.25) is 0 Å². The van der Waals surface area contributed by atoms with Crippen LogP contribution >= 0.6 is 33.5 Å². The Morgan fingerprint density at radius 2 is 2.20 bits per heavy atom. The number of nitrogens with one attached hydrogen (secondary N) is 2. The molecule has 0 unspecified atom stereocenters. The number of hydrogen-bond acceptors (Lipinski definition) is 5. The van der Waals surface area contributed by atoms with Crippen LogP contribution in [0.3, 0.4) is 0 Å². The summed E-state index contributed by atoms with van der Waals surface area (Å²) in [6, 6.07) is 0. The summed E-state index contributed by atoms with van der Waals surface area (Å²) < 4.78 is 3.18. The van der Waals surface area contributed by atoms with Crippen LogP contribution in [0.1, 0.15) is 6.92 Å². The molecular formula is C5H14N2S3. The Morgan fingerprint density at radius 1 is 1.40 bits per heavy atom. The highest BCUT2D eigenvalue weighted by Gasteiger charge is 1.84. The van der Waals surface area contributed by atoms with Crippen LogP contribution in [0.2, 0.25) is 0 Å². The predicted molar refractivity (Wildman–Crippen MR) is 55.2 cm³/mol. The van der Waals surface area contributed by atoms with Crippen molar-refractivity contribution in [1.29, 1.82) is 0 Å². The lowest BCUT2D eigenvalue weighted by Gasteiger charge is -2.02. The van der Waals surface area contributed by atoms with Crippen LogP contribution in [-0.2, 0) is 0 Å². The molecule has 0 saturated carbocycles. The van der Waals surface area contributed by atoms with Crippen LogP contribution in [0.5, 0.6) is 0 Å². The summed E-state index contributed by atoms with van der Waals surface area (Å²) in [6.07, 6.45) is 2.08. The monoisotopic (exact) mass is 198 g/mol. The summed E-state index contributed by atoms with van der Waals surface area (Å²) in [6.45, 7) is 3.03. The van der Waals surface area contributed by atoms with E-state index in [1.165, 1.54) is 0 Å². The fourth-order valence-corrected chi connectivity index (χ4v) is 1.67. The Hall–Kier alpha value is 0.970. The van der Waals surface area contributed by atoms with E-state index < -0.39 is 0 Å². The zero-order chi connectivity index (χ0) is 7.66. The molecule has 0 rings (SSSR count). The van der Waals surface area contributed by atoms with Gasteiger partial charge in [0.1, 0.15) is 0 Å². The minimum absolute atomic E-state index is 0.895. The van der Waals surface area contributed by atoms with Gasteiger partial charge in [0.25, 0.3) is 0 Å². The van der Waals surface area contributed by atoms with Gasteiger partial charge in [0.05, 0.1) is 12.5 Å². The normalized spacial score (nSPS) is 10.2. The molecule has 0 aliphatic rings. The van der Waals surface area contributed by atoms with Crippen LogP contribution in [0.25, 0.3) is 0 Å². The Balaban J connectivity index is 2.65. The van der Waals surface area contributed by atoms with Crippen molar-refractivity contribution in [3.8, 4) is 0 Å². The topological polar surface area (TPSA) is 24.1 Å². The third-order valence-electron chi connectivity index (χ3n) is 0.722. The Kier molecular flexibility index (Phi) is 10.9. The summed E-state index contributed by atoms with van der Waals surface area (Å²) in [7, 11) is 3.61. The molecule has 0 aromatic carbocycles. The molecule has 0 heterocycles. The van der Waals surface area contributed by atoms with E-state index in [0.717, 1.165) is 18.3 Å². The standard InChI is InChI=1S/C5H14N2S3/c1-3-9-7-4-6-5-10-8-2/h6-7H,3-5H2,1-2H3. The van der Waals surface area contributed by atoms with Gasteiger partial charge in [-0.15, -0.1) is 0 Å². The molecule has 0 radical (unpaired) electrons. The maximum Gasteiger partial charge on any atom is 0.0558 e. The van der Waals surface area contributed by atoms with Crippen LogP contribution in [0.15, 0.2) is 0 Å². The first-order chi connectivity index (χ1) is 4.91. The molecule has 2 N–H and O–H groups in total. The van der Waals surface area contributed by atoms with Gasteiger partial charge in [-0.3, -0.25) is 10.0 Å². The van der Waals surface area contributed by atoms with Crippen molar-refractivity contribution in [2.75, 3.05) is 24.6 Å². The minimum atomic E-state index is 0.895. The molecule has 0 spiro atoms. The smallest absolute Gasteiger partial charge is 0.0558 e. The van der Waals surface area contributed by atoms with Crippen molar-refractivity contribution in [2.24, 2.45) is 0 Å². The third-order valence-corrected chi connectivity index (χ3v) is 2.98. The Bertz CT molecular complexity index is 54.9. The first-order valence-corrected chi connectivity index (χ1v) is 6.84. The summed E-state index contributed by atoms with van der Waals surface area (Å²) in [5, 5.41) is 3.23. The van der Waals surface area contributed by atoms with Crippen LogP contribution in [0, 0.1) is 0 Å². The highest BCUT2D eigenvalue weighted by atomic mass is 33.1. The molecule has 5 heteroatoms. The van der Waals surface area contributed by atoms with Gasteiger partial charge in [-0.05, 0) is 6.26 Å². The lowest BCUT2D eigenvalue weighted by molar-refractivity contribution is 0.774. The Morgan fingerprint density at radius 3 is 2.80 bits per heavy atom. The Labute approximate surface area is 75.2 Å². The quantitative estimate of drug-likeness (QED) is 0.281. The zero-order valence-electron chi connectivity index (χ0n) is 6.35. The molecule has 62 valence electrons. The molecule has 0 bridgehead atoms. The van der Waals surface area contributed by atoms with Crippen LogP contribution in [0.4, 0.5) is 0 Å². The maximum atomic E-state index is 3.23. The van der Waals surface area contributed by atoms with Gasteiger partial charge in [-0.1, -0.05) is 40.5 Å². The van der Waals surface area contributed by atoms with Crippen molar-refractivity contribution in [2.45, 2.75) is 6.92 Å². The first kappa shape index (κ1) is 11.0. The molecule has 0 aromatic rings. The average molecular weight is 198 g/mol. The highest BCUT2D eigenvalue weighted by Crippen LogP contribution is 2.13. The zero-order valence-corrected chi connectivity index (χ0v) is 8.80. The van der Waals surface area contributed by atoms with Crippen molar-refractivity contribution < 1.29 is 0 Å². The van der Waals surface area contributed by atoms with Crippen molar-refractivity contribution in [3.05, 3.63) is 0 Å². The van der Waals surface area contributed by atoms with Crippen molar-refractivity contribution >= 4 is 33.5 Å². The van der Waals surface area contributed by atoms with Gasteiger partial charge in [0.15, 0.2) is 0 Å². The lowest BCUT2D eigenvalue weighted by atomic mass is 11.0. The number of rotatable bonds is 7. The largest absolute Gasteiger partial charge is 0.294 e. The lowest BCUT2D eigenvalue weighted by Crippen LogP contribution is -2.23. The molecule has 0 aliphatic heterocycles. The van der Waals surface area contributed by atoms with Gasteiger partial charge >= 0.3 is 0 Å². The second-order valence-corrected chi connectivity index (χ2v) is 5.15. The van der Waals surface area contributed by atoms with E-state index >= 15 is 0 Å². The SMILES string of the molecule is CCSNCNCSSC. The van der Waals surface area contributed by atoms with Crippen LogP contribution < -0.4 is 10.0 Å². The molecule has 0 aromatic heterocycles. The highest BCUT2D eigenvalue weighted by molar-refractivity contribution is 8.76. The van der Waals surface area contributed by atoms with Crippen molar-refractivity contribution in [1.82, 2.24) is 10.0 Å². The number of hydrogen-bond donors (Lipinski definition) is 2. The van der Waals surface area contributed by atoms with E-state index in [4.69, 9.17) is 0 Å². The van der Waals surface area contributed by atoms with E-state index in [-0.39, 0.29) is 0 Å². The van der Waals surface area contributed by atoms with E-state index in [9.17, 15) is 0 Å². The van der Waals surface area contributed by atoms with Gasteiger partial charge in [-0.2, -0.15) is 0 Å². The summed E-state index contributed by atoms with van der Waals surface area (Å²) in [5.74, 6) is 2.13. The molecular weight excluding hydrogens is 184 g/mol. The second-order valence-electron chi connectivity index (χ2n) is 1.43. The molecule has 10 heavy (non-hydrogen) atoms. The predicted octanol–water partition coefficient (Wildman–Crippen LogP) is 1.76. The molecule has 0 fully saturated rings. The summed E-state index contributed by atoms with van der Waals surface area (Å²) in [4.78, 5) is 0. The van der Waals surface area contributed by atoms with E-state index in [0.29, 0.717) is 0 Å². The minimum Gasteiger partial charge on any atom is -0.294 e. The fraction of sp³-hybridized carbons (Fsp3) is 1.00. The molecule has 0 aliphatic carbocycles. The summed E-state index contributed by atoms with van der Waals surface area (Å²) >= 11 is 1.74. The average Bonchev–Trinajstić information content (AvgIpc) is 1.97.